The van der Waals surface area contributed by atoms with Gasteiger partial charge in [-0.1, -0.05) is 29.8 Å². The average molecular weight is 418 g/mol. The fraction of sp³-hybridized carbons (Fsp3) is 0.238. The summed E-state index contributed by atoms with van der Waals surface area (Å²) in [5.41, 5.74) is 1.58. The molecule has 1 N–H and O–H groups in total. The van der Waals surface area contributed by atoms with E-state index in [9.17, 15) is 9.18 Å². The molecule has 1 atom stereocenters. The minimum atomic E-state index is -0.683. The van der Waals surface area contributed by atoms with Gasteiger partial charge in [0, 0.05) is 6.07 Å². The summed E-state index contributed by atoms with van der Waals surface area (Å²) in [7, 11) is 1.59. The first kappa shape index (κ1) is 20.8. The zero-order valence-corrected chi connectivity index (χ0v) is 16.8. The van der Waals surface area contributed by atoms with E-state index in [4.69, 9.17) is 21.1 Å². The largest absolute Gasteiger partial charge is 0.497 e. The fourth-order valence-corrected chi connectivity index (χ4v) is 2.78. The number of hydrogen-bond donors (Lipinski definition) is 1. The van der Waals surface area contributed by atoms with Crippen molar-refractivity contribution in [2.45, 2.75) is 26.2 Å². The molecule has 152 valence electrons. The minimum Gasteiger partial charge on any atom is -0.497 e. The van der Waals surface area contributed by atoms with Crippen molar-refractivity contribution >= 4 is 23.3 Å². The molecule has 29 heavy (non-hydrogen) atoms. The summed E-state index contributed by atoms with van der Waals surface area (Å²) in [6.45, 7) is 2.23. The fourth-order valence-electron chi connectivity index (χ4n) is 2.66. The Bertz CT molecular complexity index is 993. The van der Waals surface area contributed by atoms with Crippen LogP contribution in [-0.2, 0) is 22.7 Å². The van der Waals surface area contributed by atoms with Gasteiger partial charge < -0.3 is 14.8 Å². The molecule has 3 rings (SSSR count). The van der Waals surface area contributed by atoms with Crippen molar-refractivity contribution in [2.24, 2.45) is 0 Å². The van der Waals surface area contributed by atoms with Crippen LogP contribution < -0.4 is 10.1 Å². The minimum absolute atomic E-state index is 0.0600. The van der Waals surface area contributed by atoms with Gasteiger partial charge in [0.2, 0.25) is 0 Å². The molecule has 0 aliphatic carbocycles. The number of aromatic nitrogens is 2. The van der Waals surface area contributed by atoms with E-state index in [2.05, 4.69) is 10.4 Å². The lowest BCUT2D eigenvalue weighted by Crippen LogP contribution is -2.28. The van der Waals surface area contributed by atoms with Crippen LogP contribution in [0.25, 0.3) is 0 Å². The first-order valence-electron chi connectivity index (χ1n) is 8.97. The molecule has 0 fully saturated rings. The third kappa shape index (κ3) is 5.56. The molecule has 1 unspecified atom stereocenters. The molecule has 0 saturated heterocycles. The Labute approximate surface area is 173 Å². The number of nitrogens with one attached hydrogen (secondary N) is 1. The highest BCUT2D eigenvalue weighted by Crippen LogP contribution is 2.18. The molecule has 0 aliphatic rings. The first-order chi connectivity index (χ1) is 14.0. The smallest absolute Gasteiger partial charge is 0.254 e. The van der Waals surface area contributed by atoms with E-state index < -0.39 is 11.9 Å². The van der Waals surface area contributed by atoms with Gasteiger partial charge in [-0.3, -0.25) is 4.79 Å². The summed E-state index contributed by atoms with van der Waals surface area (Å²) >= 11 is 5.71. The number of ether oxygens (including phenoxy) is 2. The third-order valence-corrected chi connectivity index (χ3v) is 4.59. The number of benzene rings is 2. The lowest BCUT2D eigenvalue weighted by molar-refractivity contribution is -0.127. The average Bonchev–Trinajstić information content (AvgIpc) is 3.15. The van der Waals surface area contributed by atoms with Gasteiger partial charge in [-0.2, -0.15) is 5.10 Å². The van der Waals surface area contributed by atoms with Crippen molar-refractivity contribution in [3.05, 3.63) is 76.7 Å². The number of anilines is 1. The van der Waals surface area contributed by atoms with E-state index in [-0.39, 0.29) is 24.1 Å². The van der Waals surface area contributed by atoms with Gasteiger partial charge in [0.25, 0.3) is 5.91 Å². The molecule has 1 aromatic heterocycles. The highest BCUT2D eigenvalue weighted by atomic mass is 35.5. The topological polar surface area (TPSA) is 65.4 Å². The van der Waals surface area contributed by atoms with Crippen LogP contribution in [0.15, 0.2) is 54.7 Å². The maximum absolute atomic E-state index is 13.6. The SMILES string of the molecule is COc1cccc(COC(C)C(=O)Nc2ccnn2Cc2ccc(Cl)c(F)c2)c1. The Morgan fingerprint density at radius 2 is 2.07 bits per heavy atom. The summed E-state index contributed by atoms with van der Waals surface area (Å²) < 4.78 is 26.0. The van der Waals surface area contributed by atoms with Crippen LogP contribution in [0.2, 0.25) is 5.02 Å². The second-order valence-electron chi connectivity index (χ2n) is 6.42. The van der Waals surface area contributed by atoms with Crippen molar-refractivity contribution in [1.82, 2.24) is 9.78 Å². The van der Waals surface area contributed by atoms with Gasteiger partial charge in [0.05, 0.1) is 31.5 Å². The number of nitrogens with zero attached hydrogens (tertiary/aromatic N) is 2. The van der Waals surface area contributed by atoms with E-state index in [1.165, 1.54) is 12.1 Å². The molecular weight excluding hydrogens is 397 g/mol. The Balaban J connectivity index is 1.58. The number of halogens is 2. The highest BCUT2D eigenvalue weighted by Gasteiger charge is 2.16. The van der Waals surface area contributed by atoms with Gasteiger partial charge in [-0.15, -0.1) is 0 Å². The number of carbonyl (C=O) groups is 1. The highest BCUT2D eigenvalue weighted by molar-refractivity contribution is 6.30. The van der Waals surface area contributed by atoms with Crippen molar-refractivity contribution in [1.29, 1.82) is 0 Å². The molecule has 1 heterocycles. The maximum Gasteiger partial charge on any atom is 0.254 e. The lowest BCUT2D eigenvalue weighted by Gasteiger charge is -2.15. The zero-order valence-electron chi connectivity index (χ0n) is 16.1. The number of methoxy groups -OCH3 is 1. The Morgan fingerprint density at radius 1 is 1.24 bits per heavy atom. The van der Waals surface area contributed by atoms with Crippen molar-refractivity contribution < 1.29 is 18.7 Å². The molecule has 0 aliphatic heterocycles. The molecule has 0 saturated carbocycles. The molecular formula is C21H21ClFN3O3. The second-order valence-corrected chi connectivity index (χ2v) is 6.82. The number of amides is 1. The summed E-state index contributed by atoms with van der Waals surface area (Å²) in [6.07, 6.45) is 0.876. The van der Waals surface area contributed by atoms with Crippen molar-refractivity contribution in [2.75, 3.05) is 12.4 Å². The number of rotatable bonds is 8. The molecule has 0 radical (unpaired) electrons. The number of carbonyl (C=O) groups excluding carboxylic acids is 1. The van der Waals surface area contributed by atoms with Crippen LogP contribution in [0.5, 0.6) is 5.75 Å². The first-order valence-corrected chi connectivity index (χ1v) is 9.35. The van der Waals surface area contributed by atoms with Crippen LogP contribution >= 0.6 is 11.6 Å². The van der Waals surface area contributed by atoms with Crippen LogP contribution in [0, 0.1) is 5.82 Å². The van der Waals surface area contributed by atoms with Crippen LogP contribution in [-0.4, -0.2) is 28.9 Å². The predicted molar refractivity (Wildman–Crippen MR) is 109 cm³/mol. The summed E-state index contributed by atoms with van der Waals surface area (Å²) in [4.78, 5) is 12.5. The van der Waals surface area contributed by atoms with Crippen LogP contribution in [0.1, 0.15) is 18.1 Å². The molecule has 3 aromatic rings. The normalized spacial score (nSPS) is 11.9. The van der Waals surface area contributed by atoms with E-state index in [0.29, 0.717) is 11.4 Å². The zero-order chi connectivity index (χ0) is 20.8. The van der Waals surface area contributed by atoms with Gasteiger partial charge in [0.1, 0.15) is 23.5 Å². The van der Waals surface area contributed by atoms with Crippen molar-refractivity contribution in [3.8, 4) is 5.75 Å². The van der Waals surface area contributed by atoms with Crippen molar-refractivity contribution in [3.63, 3.8) is 0 Å². The third-order valence-electron chi connectivity index (χ3n) is 4.29. The molecule has 6 nitrogen and oxygen atoms in total. The monoisotopic (exact) mass is 417 g/mol. The van der Waals surface area contributed by atoms with Gasteiger partial charge in [-0.25, -0.2) is 9.07 Å². The Hall–Kier alpha value is -2.90. The molecule has 8 heteroatoms. The van der Waals surface area contributed by atoms with Crippen LogP contribution in [0.4, 0.5) is 10.2 Å². The summed E-state index contributed by atoms with van der Waals surface area (Å²) in [5, 5.41) is 7.03. The van der Waals surface area contributed by atoms with Gasteiger partial charge >= 0.3 is 0 Å². The molecule has 0 spiro atoms. The number of hydrogen-bond acceptors (Lipinski definition) is 4. The van der Waals surface area contributed by atoms with Gasteiger partial charge in [-0.05, 0) is 42.3 Å². The summed E-state index contributed by atoms with van der Waals surface area (Å²) in [5.74, 6) is 0.409. The maximum atomic E-state index is 13.6. The van der Waals surface area contributed by atoms with E-state index in [1.54, 1.807) is 37.0 Å². The van der Waals surface area contributed by atoms with E-state index >= 15 is 0 Å². The Morgan fingerprint density at radius 3 is 2.83 bits per heavy atom. The van der Waals surface area contributed by atoms with Crippen LogP contribution in [0.3, 0.4) is 0 Å². The van der Waals surface area contributed by atoms with E-state index in [0.717, 1.165) is 11.3 Å². The standard InChI is InChI=1S/C21H21ClFN3O3/c1-14(29-13-16-4-3-5-17(10-16)28-2)21(27)25-20-8-9-24-26(20)12-15-6-7-18(22)19(23)11-15/h3-11,14H,12-13H2,1-2H3,(H,25,27). The molecule has 2 aromatic carbocycles. The quantitative estimate of drug-likeness (QED) is 0.594. The molecule has 0 bridgehead atoms. The predicted octanol–water partition coefficient (Wildman–Crippen LogP) is 4.28. The van der Waals surface area contributed by atoms with E-state index in [1.807, 2.05) is 24.3 Å². The second kappa shape index (κ2) is 9.54. The lowest BCUT2D eigenvalue weighted by atomic mass is 10.2. The Kier molecular flexibility index (Phi) is 6.85. The molecule has 1 amide bonds. The van der Waals surface area contributed by atoms with Gasteiger partial charge in [0.15, 0.2) is 0 Å². The summed E-state index contributed by atoms with van der Waals surface area (Å²) in [6, 6.07) is 13.7.